The van der Waals surface area contributed by atoms with Crippen LogP contribution in [0.4, 0.5) is 5.13 Å². The molecule has 0 fully saturated rings. The first kappa shape index (κ1) is 16.4. The van der Waals surface area contributed by atoms with E-state index < -0.39 is 5.91 Å². The molecule has 0 aliphatic carbocycles. The molecule has 0 aliphatic heterocycles. The zero-order valence-corrected chi connectivity index (χ0v) is 14.5. The predicted molar refractivity (Wildman–Crippen MR) is 85.8 cm³/mol. The lowest BCUT2D eigenvalue weighted by Crippen LogP contribution is -2.21. The van der Waals surface area contributed by atoms with Crippen molar-refractivity contribution in [3.63, 3.8) is 0 Å². The Morgan fingerprint density at radius 3 is 2.41 bits per heavy atom. The Morgan fingerprint density at radius 1 is 1.27 bits per heavy atom. The lowest BCUT2D eigenvalue weighted by atomic mass is 10.3. The molecule has 0 aliphatic rings. The van der Waals surface area contributed by atoms with Crippen LogP contribution >= 0.6 is 22.9 Å². The van der Waals surface area contributed by atoms with E-state index in [4.69, 9.17) is 11.6 Å². The molecule has 0 spiro atoms. The lowest BCUT2D eigenvalue weighted by Gasteiger charge is -2.07. The van der Waals surface area contributed by atoms with Crippen molar-refractivity contribution in [1.29, 1.82) is 0 Å². The molecule has 2 aromatic heterocycles. The van der Waals surface area contributed by atoms with Gasteiger partial charge in [-0.15, -0.1) is 0 Å². The van der Waals surface area contributed by atoms with Gasteiger partial charge in [0, 0.05) is 21.1 Å². The molecule has 0 radical (unpaired) electrons. The largest absolute Gasteiger partial charge is 0.344 e. The normalized spacial score (nSPS) is 10.6. The van der Waals surface area contributed by atoms with Crippen molar-refractivity contribution in [1.82, 2.24) is 19.7 Å². The van der Waals surface area contributed by atoms with Crippen LogP contribution < -0.4 is 5.32 Å². The Bertz CT molecular complexity index is 750. The molecular weight excluding hydrogens is 326 g/mol. The number of thiazole rings is 1. The molecule has 0 unspecified atom stereocenters. The van der Waals surface area contributed by atoms with Gasteiger partial charge in [0.05, 0.1) is 16.4 Å². The van der Waals surface area contributed by atoms with E-state index >= 15 is 0 Å². The first-order valence-corrected chi connectivity index (χ1v) is 7.61. The summed E-state index contributed by atoms with van der Waals surface area (Å²) in [4.78, 5) is 30.5. The van der Waals surface area contributed by atoms with E-state index in [1.807, 2.05) is 0 Å². The van der Waals surface area contributed by atoms with Gasteiger partial charge in [-0.05, 0) is 13.8 Å². The third-order valence-corrected chi connectivity index (χ3v) is 4.50. The minimum Gasteiger partial charge on any atom is -0.344 e. The Balaban J connectivity index is 2.26. The second-order valence-corrected chi connectivity index (χ2v) is 6.34. The number of amides is 2. The fourth-order valence-corrected chi connectivity index (χ4v) is 3.12. The van der Waals surface area contributed by atoms with Crippen LogP contribution in [0.25, 0.3) is 0 Å². The fraction of sp³-hybridized carbons (Fsp3) is 0.385. The van der Waals surface area contributed by atoms with E-state index in [2.05, 4.69) is 15.4 Å². The van der Waals surface area contributed by atoms with E-state index in [1.54, 1.807) is 35.0 Å². The summed E-state index contributed by atoms with van der Waals surface area (Å²) in [6, 6.07) is 0. The van der Waals surface area contributed by atoms with Crippen LogP contribution in [-0.2, 0) is 7.05 Å². The van der Waals surface area contributed by atoms with E-state index in [-0.39, 0.29) is 11.6 Å². The second-order valence-electron chi connectivity index (χ2n) is 4.96. The van der Waals surface area contributed by atoms with E-state index in [0.717, 1.165) is 11.3 Å². The molecule has 0 atom stereocenters. The first-order chi connectivity index (χ1) is 10.2. The first-order valence-electron chi connectivity index (χ1n) is 6.42. The zero-order chi connectivity index (χ0) is 16.6. The van der Waals surface area contributed by atoms with Gasteiger partial charge < -0.3 is 4.90 Å². The average Bonchev–Trinajstić information content (AvgIpc) is 2.89. The number of carbonyl (C=O) groups is 2. The number of hydrogen-bond donors (Lipinski definition) is 1. The van der Waals surface area contributed by atoms with Crippen molar-refractivity contribution in [2.24, 2.45) is 7.05 Å². The Labute approximate surface area is 136 Å². The predicted octanol–water partition coefficient (Wildman–Crippen LogP) is 2.10. The maximum Gasteiger partial charge on any atom is 0.277 e. The molecule has 0 aromatic carbocycles. The Hall–Kier alpha value is -1.93. The van der Waals surface area contributed by atoms with Gasteiger partial charge in [-0.1, -0.05) is 22.9 Å². The molecule has 0 bridgehead atoms. The van der Waals surface area contributed by atoms with Gasteiger partial charge in [-0.25, -0.2) is 4.98 Å². The van der Waals surface area contributed by atoms with Crippen LogP contribution in [0.1, 0.15) is 31.5 Å². The van der Waals surface area contributed by atoms with Crippen molar-refractivity contribution in [3.8, 4) is 0 Å². The van der Waals surface area contributed by atoms with Gasteiger partial charge in [-0.2, -0.15) is 5.10 Å². The number of carbonyl (C=O) groups excluding carboxylic acids is 2. The lowest BCUT2D eigenvalue weighted by molar-refractivity contribution is 0.0831. The standard InChI is InChI=1S/C13H16ClN5O2S/c1-6-8(14)9(19(5)17-6)11(20)16-13-15-7(2)10(22-13)12(21)18(3)4/h1-5H3,(H,15,16,20). The van der Waals surface area contributed by atoms with E-state index in [9.17, 15) is 9.59 Å². The van der Waals surface area contributed by atoms with Gasteiger partial charge in [-0.3, -0.25) is 19.6 Å². The minimum absolute atomic E-state index is 0.148. The summed E-state index contributed by atoms with van der Waals surface area (Å²) in [6.07, 6.45) is 0. The number of rotatable bonds is 3. The number of nitrogens with zero attached hydrogens (tertiary/aromatic N) is 4. The number of aryl methyl sites for hydroxylation is 3. The summed E-state index contributed by atoms with van der Waals surface area (Å²) in [7, 11) is 4.97. The van der Waals surface area contributed by atoms with Gasteiger partial charge in [0.2, 0.25) is 0 Å². The van der Waals surface area contributed by atoms with Crippen molar-refractivity contribution in [2.75, 3.05) is 19.4 Å². The highest BCUT2D eigenvalue weighted by Crippen LogP contribution is 2.25. The summed E-state index contributed by atoms with van der Waals surface area (Å²) < 4.78 is 1.42. The van der Waals surface area contributed by atoms with E-state index in [0.29, 0.717) is 26.4 Å². The van der Waals surface area contributed by atoms with Crippen molar-refractivity contribution in [2.45, 2.75) is 13.8 Å². The summed E-state index contributed by atoms with van der Waals surface area (Å²) in [6.45, 7) is 3.45. The van der Waals surface area contributed by atoms with Crippen molar-refractivity contribution >= 4 is 39.9 Å². The summed E-state index contributed by atoms with van der Waals surface area (Å²) in [5.41, 5.74) is 1.41. The van der Waals surface area contributed by atoms with Gasteiger partial charge >= 0.3 is 0 Å². The molecule has 9 heteroatoms. The molecule has 2 aromatic rings. The summed E-state index contributed by atoms with van der Waals surface area (Å²) in [5, 5.41) is 7.41. The number of hydrogen-bond acceptors (Lipinski definition) is 5. The molecular formula is C13H16ClN5O2S. The molecule has 7 nitrogen and oxygen atoms in total. The quantitative estimate of drug-likeness (QED) is 0.927. The maximum atomic E-state index is 12.3. The van der Waals surface area contributed by atoms with Crippen molar-refractivity contribution in [3.05, 3.63) is 27.0 Å². The summed E-state index contributed by atoms with van der Waals surface area (Å²) >= 11 is 7.21. The van der Waals surface area contributed by atoms with Crippen molar-refractivity contribution < 1.29 is 9.59 Å². The van der Waals surface area contributed by atoms with E-state index in [1.165, 1.54) is 9.58 Å². The minimum atomic E-state index is -0.411. The van der Waals surface area contributed by atoms with Gasteiger partial charge in [0.25, 0.3) is 11.8 Å². The highest BCUT2D eigenvalue weighted by atomic mass is 35.5. The highest BCUT2D eigenvalue weighted by molar-refractivity contribution is 7.17. The molecule has 22 heavy (non-hydrogen) atoms. The Morgan fingerprint density at radius 2 is 1.91 bits per heavy atom. The van der Waals surface area contributed by atoms with Crippen LogP contribution in [0.2, 0.25) is 5.02 Å². The monoisotopic (exact) mass is 341 g/mol. The second kappa shape index (κ2) is 6.05. The number of aromatic nitrogens is 3. The van der Waals surface area contributed by atoms with Crippen LogP contribution in [0.5, 0.6) is 0 Å². The third kappa shape index (κ3) is 2.97. The fourth-order valence-electron chi connectivity index (χ4n) is 1.89. The molecule has 2 heterocycles. The number of halogens is 1. The number of anilines is 1. The third-order valence-electron chi connectivity index (χ3n) is 2.98. The maximum absolute atomic E-state index is 12.3. The molecule has 118 valence electrons. The van der Waals surface area contributed by atoms with Crippen LogP contribution in [0, 0.1) is 13.8 Å². The Kier molecular flexibility index (Phi) is 4.52. The average molecular weight is 342 g/mol. The van der Waals surface area contributed by atoms with Crippen LogP contribution in [0.3, 0.4) is 0 Å². The molecule has 1 N–H and O–H groups in total. The van der Waals surface area contributed by atoms with Gasteiger partial charge in [0.1, 0.15) is 10.6 Å². The molecule has 2 amide bonds. The van der Waals surface area contributed by atoms with Crippen LogP contribution in [-0.4, -0.2) is 45.6 Å². The number of nitrogens with one attached hydrogen (secondary N) is 1. The molecule has 0 saturated carbocycles. The summed E-state index contributed by atoms with van der Waals surface area (Å²) in [5.74, 6) is -0.560. The topological polar surface area (TPSA) is 80.1 Å². The SMILES string of the molecule is Cc1nc(NC(=O)c2c(Cl)c(C)nn2C)sc1C(=O)N(C)C. The van der Waals surface area contributed by atoms with Gasteiger partial charge in [0.15, 0.2) is 5.13 Å². The van der Waals surface area contributed by atoms with Crippen LogP contribution in [0.15, 0.2) is 0 Å². The molecule has 0 saturated heterocycles. The highest BCUT2D eigenvalue weighted by Gasteiger charge is 2.22. The molecule has 2 rings (SSSR count). The smallest absolute Gasteiger partial charge is 0.277 e. The zero-order valence-electron chi connectivity index (χ0n) is 12.9.